The fourth-order valence-electron chi connectivity index (χ4n) is 4.58. The number of halogens is 1. The van der Waals surface area contributed by atoms with Gasteiger partial charge in [0.2, 0.25) is 0 Å². The second-order valence-corrected chi connectivity index (χ2v) is 7.93. The Morgan fingerprint density at radius 2 is 2.14 bits per heavy atom. The summed E-state index contributed by atoms with van der Waals surface area (Å²) in [6.45, 7) is 4.28. The maximum Gasteiger partial charge on any atom is 0.138 e. The molecule has 2 aliphatic heterocycles. The first-order valence-corrected chi connectivity index (χ1v) is 8.83. The molecular weight excluding hydrogens is 387 g/mol. The average Bonchev–Trinajstić information content (AvgIpc) is 2.72. The minimum atomic E-state index is -0.0945. The largest absolute Gasteiger partial charge is 0.366 e. The van der Waals surface area contributed by atoms with Crippen molar-refractivity contribution in [3.05, 3.63) is 38.6 Å². The van der Waals surface area contributed by atoms with Gasteiger partial charge in [-0.15, -0.1) is 0 Å². The van der Waals surface area contributed by atoms with Gasteiger partial charge in [0.15, 0.2) is 0 Å². The number of Topliss-reactive ketones (excluding diaryl/α,β-unsaturated/α-hetero) is 1. The molecule has 1 unspecified atom stereocenters. The van der Waals surface area contributed by atoms with Crippen molar-refractivity contribution in [2.75, 3.05) is 11.9 Å². The third-order valence-corrected chi connectivity index (χ3v) is 6.31. The lowest BCUT2D eigenvalue weighted by molar-refractivity contribution is -0.118. The van der Waals surface area contributed by atoms with Crippen LogP contribution in [0.5, 0.6) is 0 Å². The number of anilines is 1. The predicted molar refractivity (Wildman–Crippen MR) is 97.7 cm³/mol. The van der Waals surface area contributed by atoms with Crippen LogP contribution in [0.15, 0.2) is 34.5 Å². The zero-order valence-electron chi connectivity index (χ0n) is 13.1. The molecule has 0 aromatic heterocycles. The molecule has 114 valence electrons. The van der Waals surface area contributed by atoms with Gasteiger partial charge in [0.1, 0.15) is 5.78 Å². The van der Waals surface area contributed by atoms with E-state index in [1.807, 2.05) is 0 Å². The molecular formula is C18H19IN2O. The second-order valence-electron chi connectivity index (χ2n) is 6.69. The van der Waals surface area contributed by atoms with Gasteiger partial charge in [0, 0.05) is 40.6 Å². The summed E-state index contributed by atoms with van der Waals surface area (Å²) in [5.74, 6) is 0.331. The summed E-state index contributed by atoms with van der Waals surface area (Å²) >= 11 is 2.38. The van der Waals surface area contributed by atoms with Gasteiger partial charge in [0.05, 0.1) is 11.5 Å². The number of rotatable bonds is 0. The zero-order valence-corrected chi connectivity index (χ0v) is 15.3. The fraction of sp³-hybridized carbons (Fsp3) is 0.444. The van der Waals surface area contributed by atoms with Crippen LogP contribution in [0.1, 0.15) is 38.7 Å². The first-order chi connectivity index (χ1) is 10.4. The van der Waals surface area contributed by atoms with Crippen molar-refractivity contribution >= 4 is 39.8 Å². The Morgan fingerprint density at radius 3 is 2.91 bits per heavy atom. The summed E-state index contributed by atoms with van der Waals surface area (Å²) in [6.07, 6.45) is 2.07. The Morgan fingerprint density at radius 1 is 1.36 bits per heavy atom. The molecule has 2 heterocycles. The number of benzene rings is 1. The van der Waals surface area contributed by atoms with E-state index >= 15 is 0 Å². The molecule has 3 nitrogen and oxygen atoms in total. The molecule has 1 aromatic rings. The highest BCUT2D eigenvalue weighted by molar-refractivity contribution is 14.1. The van der Waals surface area contributed by atoms with Gasteiger partial charge in [-0.3, -0.25) is 9.79 Å². The Kier molecular flexibility index (Phi) is 3.06. The molecule has 2 atom stereocenters. The van der Waals surface area contributed by atoms with Crippen LogP contribution in [-0.4, -0.2) is 24.6 Å². The van der Waals surface area contributed by atoms with Crippen LogP contribution in [0, 0.1) is 3.57 Å². The predicted octanol–water partition coefficient (Wildman–Crippen LogP) is 3.85. The number of likely N-dealkylation sites (N-methyl/N-ethyl adjacent to an activating group) is 1. The number of carbonyl (C=O) groups is 1. The summed E-state index contributed by atoms with van der Waals surface area (Å²) in [6, 6.07) is 6.99. The molecule has 3 aliphatic rings. The molecule has 0 N–H and O–H groups in total. The maximum absolute atomic E-state index is 12.0. The van der Waals surface area contributed by atoms with E-state index in [1.54, 1.807) is 0 Å². The lowest BCUT2D eigenvalue weighted by Gasteiger charge is -2.45. The first kappa shape index (κ1) is 14.4. The summed E-state index contributed by atoms with van der Waals surface area (Å²) < 4.78 is 1.25. The third kappa shape index (κ3) is 1.67. The van der Waals surface area contributed by atoms with E-state index in [9.17, 15) is 4.79 Å². The molecule has 22 heavy (non-hydrogen) atoms. The Hall–Kier alpha value is -1.17. The number of hydrogen-bond donors (Lipinski definition) is 0. The van der Waals surface area contributed by atoms with Crippen molar-refractivity contribution in [2.24, 2.45) is 4.99 Å². The van der Waals surface area contributed by atoms with E-state index < -0.39 is 0 Å². The minimum absolute atomic E-state index is 0.0945. The number of aliphatic imine (C=N–C) groups is 1. The van der Waals surface area contributed by atoms with Crippen LogP contribution in [-0.2, 0) is 10.2 Å². The molecule has 1 spiro atoms. The van der Waals surface area contributed by atoms with E-state index in [0.717, 1.165) is 17.8 Å². The van der Waals surface area contributed by atoms with Crippen molar-refractivity contribution in [1.29, 1.82) is 0 Å². The molecule has 0 bridgehead atoms. The lowest BCUT2D eigenvalue weighted by Crippen LogP contribution is -2.54. The highest BCUT2D eigenvalue weighted by atomic mass is 127. The van der Waals surface area contributed by atoms with E-state index in [1.165, 1.54) is 20.4 Å². The molecule has 1 fully saturated rings. The zero-order chi connectivity index (χ0) is 15.6. The molecule has 1 aromatic carbocycles. The topological polar surface area (TPSA) is 32.7 Å². The Labute approximate surface area is 144 Å². The number of carbonyl (C=O) groups excluding carboxylic acids is 1. The van der Waals surface area contributed by atoms with Crippen LogP contribution in [0.25, 0.3) is 0 Å². The van der Waals surface area contributed by atoms with E-state index in [4.69, 9.17) is 4.99 Å². The number of hydrogen-bond acceptors (Lipinski definition) is 3. The van der Waals surface area contributed by atoms with Crippen LogP contribution < -0.4 is 4.90 Å². The van der Waals surface area contributed by atoms with Crippen LogP contribution in [0.3, 0.4) is 0 Å². The normalized spacial score (nSPS) is 30.0. The minimum Gasteiger partial charge on any atom is -0.366 e. The Bertz CT molecular complexity index is 764. The monoisotopic (exact) mass is 406 g/mol. The number of allylic oxidation sites excluding steroid dienone is 1. The first-order valence-electron chi connectivity index (χ1n) is 7.75. The van der Waals surface area contributed by atoms with Crippen molar-refractivity contribution in [3.63, 3.8) is 0 Å². The summed E-state index contributed by atoms with van der Waals surface area (Å²) in [4.78, 5) is 19.3. The molecule has 1 aliphatic carbocycles. The number of fused-ring (bicyclic) bond motifs is 1. The average molecular weight is 406 g/mol. The third-order valence-electron chi connectivity index (χ3n) is 5.63. The standard InChI is InChI=1S/C18H19IN2O/c1-10-11(2)20-16-9-13(22)6-7-18(16)14-8-12(19)4-5-15(14)21(3)17(10)18/h4-5,8,17H,6-7,9H2,1-3H3/t17?,18-/m1/s1. The molecule has 0 radical (unpaired) electrons. The van der Waals surface area contributed by atoms with E-state index in [0.29, 0.717) is 24.7 Å². The van der Waals surface area contributed by atoms with Gasteiger partial charge < -0.3 is 4.90 Å². The fourth-order valence-corrected chi connectivity index (χ4v) is 5.07. The molecule has 0 saturated heterocycles. The van der Waals surface area contributed by atoms with E-state index in [2.05, 4.69) is 66.6 Å². The molecule has 0 amide bonds. The molecule has 1 saturated carbocycles. The summed E-state index contributed by atoms with van der Waals surface area (Å²) in [7, 11) is 2.18. The maximum atomic E-state index is 12.0. The lowest BCUT2D eigenvalue weighted by atomic mass is 9.62. The summed E-state index contributed by atoms with van der Waals surface area (Å²) in [5, 5.41) is 0. The Balaban J connectivity index is 2.03. The van der Waals surface area contributed by atoms with Crippen molar-refractivity contribution in [3.8, 4) is 0 Å². The van der Waals surface area contributed by atoms with Gasteiger partial charge in [0.25, 0.3) is 0 Å². The van der Waals surface area contributed by atoms with Crippen LogP contribution in [0.4, 0.5) is 5.69 Å². The van der Waals surface area contributed by atoms with Gasteiger partial charge in [-0.05, 0) is 72.2 Å². The van der Waals surface area contributed by atoms with Crippen molar-refractivity contribution in [2.45, 2.75) is 44.6 Å². The van der Waals surface area contributed by atoms with Gasteiger partial charge in [-0.25, -0.2) is 0 Å². The quantitative estimate of drug-likeness (QED) is 0.614. The molecule has 4 heteroatoms. The highest BCUT2D eigenvalue weighted by Gasteiger charge is 2.57. The highest BCUT2D eigenvalue weighted by Crippen LogP contribution is 2.55. The molecule has 4 rings (SSSR count). The SMILES string of the molecule is CC1=C(C)C2N(C)c3ccc(I)cc3[C@@]23CCC(=O)CC3=N1. The van der Waals surface area contributed by atoms with Crippen molar-refractivity contribution < 1.29 is 4.79 Å². The number of nitrogens with zero attached hydrogens (tertiary/aromatic N) is 2. The van der Waals surface area contributed by atoms with E-state index in [-0.39, 0.29) is 5.41 Å². The van der Waals surface area contributed by atoms with Crippen molar-refractivity contribution in [1.82, 2.24) is 0 Å². The second kappa shape index (κ2) is 4.66. The van der Waals surface area contributed by atoms with Gasteiger partial charge >= 0.3 is 0 Å². The summed E-state index contributed by atoms with van der Waals surface area (Å²) in [5.41, 5.74) is 6.07. The number of ketones is 1. The smallest absolute Gasteiger partial charge is 0.138 e. The van der Waals surface area contributed by atoms with Gasteiger partial charge in [-0.1, -0.05) is 0 Å². The van der Waals surface area contributed by atoms with Crippen LogP contribution >= 0.6 is 22.6 Å². The van der Waals surface area contributed by atoms with Gasteiger partial charge in [-0.2, -0.15) is 0 Å². The van der Waals surface area contributed by atoms with Crippen LogP contribution in [0.2, 0.25) is 0 Å².